The van der Waals surface area contributed by atoms with Crippen LogP contribution in [0.2, 0.25) is 0 Å². The number of hydrogen-bond acceptors (Lipinski definition) is 4. The molecular weight excluding hydrogens is 380 g/mol. The molecule has 0 amide bonds. The van der Waals surface area contributed by atoms with Crippen molar-refractivity contribution in [1.82, 2.24) is 0 Å². The summed E-state index contributed by atoms with van der Waals surface area (Å²) in [5, 5.41) is 19.5. The van der Waals surface area contributed by atoms with Crippen LogP contribution < -0.4 is 11.5 Å². The minimum atomic E-state index is -1.15. The van der Waals surface area contributed by atoms with Gasteiger partial charge in [0.2, 0.25) is 0 Å². The fourth-order valence-electron chi connectivity index (χ4n) is 2.99. The third-order valence-corrected chi connectivity index (χ3v) is 4.54. The van der Waals surface area contributed by atoms with Crippen LogP contribution in [0.5, 0.6) is 0 Å². The Morgan fingerprint density at radius 2 is 1.03 bits per heavy atom. The van der Waals surface area contributed by atoms with Gasteiger partial charge in [-0.25, -0.2) is 9.59 Å². The summed E-state index contributed by atoms with van der Waals surface area (Å²) in [4.78, 5) is 23.8. The summed E-state index contributed by atoms with van der Waals surface area (Å²) in [7, 11) is 0. The van der Waals surface area contributed by atoms with E-state index in [1.165, 1.54) is 18.2 Å². The first kappa shape index (κ1) is 20.4. The average Bonchev–Trinajstić information content (AvgIpc) is 2.72. The highest BCUT2D eigenvalue weighted by molar-refractivity contribution is 6.23. The molecule has 30 heavy (non-hydrogen) atoms. The van der Waals surface area contributed by atoms with Crippen molar-refractivity contribution in [3.05, 3.63) is 95.1 Å². The van der Waals surface area contributed by atoms with Crippen LogP contribution in [0.15, 0.2) is 72.8 Å². The Labute approximate surface area is 173 Å². The molecule has 3 rings (SSSR count). The summed E-state index contributed by atoms with van der Waals surface area (Å²) in [5.41, 5.74) is 14.6. The number of para-hydroxylation sites is 2. The molecule has 0 atom stereocenters. The number of aliphatic carboxylic acids is 2. The van der Waals surface area contributed by atoms with E-state index >= 15 is 0 Å². The van der Waals surface area contributed by atoms with Crippen LogP contribution in [-0.4, -0.2) is 22.2 Å². The summed E-state index contributed by atoms with van der Waals surface area (Å²) < 4.78 is 0. The van der Waals surface area contributed by atoms with Crippen molar-refractivity contribution < 1.29 is 19.8 Å². The highest BCUT2D eigenvalue weighted by atomic mass is 16.4. The van der Waals surface area contributed by atoms with E-state index in [2.05, 4.69) is 0 Å². The highest BCUT2D eigenvalue weighted by Gasteiger charge is 2.16. The van der Waals surface area contributed by atoms with Crippen molar-refractivity contribution in [3.8, 4) is 0 Å². The van der Waals surface area contributed by atoms with Gasteiger partial charge < -0.3 is 21.7 Å². The molecule has 0 fully saturated rings. The largest absolute Gasteiger partial charge is 0.478 e. The predicted molar refractivity (Wildman–Crippen MR) is 119 cm³/mol. The Bertz CT molecular complexity index is 1090. The molecule has 0 unspecified atom stereocenters. The first-order valence-electron chi connectivity index (χ1n) is 9.06. The lowest BCUT2D eigenvalue weighted by Gasteiger charge is -2.09. The van der Waals surface area contributed by atoms with Gasteiger partial charge in [-0.3, -0.25) is 0 Å². The van der Waals surface area contributed by atoms with Gasteiger partial charge in [0.15, 0.2) is 0 Å². The van der Waals surface area contributed by atoms with E-state index in [1.54, 1.807) is 66.7 Å². The Balaban J connectivity index is 2.11. The molecule has 150 valence electrons. The Morgan fingerprint density at radius 1 is 0.633 bits per heavy atom. The van der Waals surface area contributed by atoms with Gasteiger partial charge in [0.1, 0.15) is 0 Å². The Hall–Kier alpha value is -4.32. The smallest absolute Gasteiger partial charge is 0.336 e. The number of benzene rings is 3. The average molecular weight is 400 g/mol. The molecule has 0 aliphatic carbocycles. The van der Waals surface area contributed by atoms with E-state index in [-0.39, 0.29) is 11.1 Å². The summed E-state index contributed by atoms with van der Waals surface area (Å²) in [6.45, 7) is 0. The summed E-state index contributed by atoms with van der Waals surface area (Å²) in [6, 6.07) is 20.2. The second-order valence-corrected chi connectivity index (χ2v) is 6.56. The SMILES string of the molecule is Nc1ccccc1/C=C(\C(=O)O)c1cccc(/C(=C\c2ccccc2N)C(=O)O)c1. The monoisotopic (exact) mass is 400 g/mol. The van der Waals surface area contributed by atoms with Gasteiger partial charge in [-0.1, -0.05) is 54.6 Å². The summed E-state index contributed by atoms with van der Waals surface area (Å²) in [6.07, 6.45) is 2.94. The van der Waals surface area contributed by atoms with E-state index in [0.29, 0.717) is 33.6 Å². The summed E-state index contributed by atoms with van der Waals surface area (Å²) in [5.74, 6) is -2.30. The molecule has 0 aliphatic heterocycles. The van der Waals surface area contributed by atoms with Gasteiger partial charge in [-0.2, -0.15) is 0 Å². The zero-order chi connectivity index (χ0) is 21.7. The summed E-state index contributed by atoms with van der Waals surface area (Å²) >= 11 is 0. The number of anilines is 2. The number of carboxylic acid groups (broad SMARTS) is 2. The lowest BCUT2D eigenvalue weighted by atomic mass is 9.96. The van der Waals surface area contributed by atoms with Crippen LogP contribution in [0.25, 0.3) is 23.3 Å². The first-order valence-corrected chi connectivity index (χ1v) is 9.06. The van der Waals surface area contributed by atoms with Gasteiger partial charge in [0.05, 0.1) is 11.1 Å². The maximum absolute atomic E-state index is 11.9. The molecular formula is C24H20N2O4. The quantitative estimate of drug-likeness (QED) is 0.280. The molecule has 0 aliphatic rings. The van der Waals surface area contributed by atoms with Crippen molar-refractivity contribution >= 4 is 46.6 Å². The molecule has 0 radical (unpaired) electrons. The van der Waals surface area contributed by atoms with Crippen LogP contribution >= 0.6 is 0 Å². The van der Waals surface area contributed by atoms with Gasteiger partial charge >= 0.3 is 11.9 Å². The van der Waals surface area contributed by atoms with E-state index < -0.39 is 11.9 Å². The Kier molecular flexibility index (Phi) is 5.98. The zero-order valence-electron chi connectivity index (χ0n) is 15.9. The molecule has 3 aromatic carbocycles. The second-order valence-electron chi connectivity index (χ2n) is 6.56. The minimum absolute atomic E-state index is 0.00119. The third-order valence-electron chi connectivity index (χ3n) is 4.54. The number of nitrogens with two attached hydrogens (primary N) is 2. The maximum Gasteiger partial charge on any atom is 0.336 e. The molecule has 0 saturated heterocycles. The van der Waals surface area contributed by atoms with Gasteiger partial charge in [-0.05, 0) is 52.6 Å². The zero-order valence-corrected chi connectivity index (χ0v) is 15.9. The first-order chi connectivity index (χ1) is 14.4. The van der Waals surface area contributed by atoms with E-state index in [0.717, 1.165) is 0 Å². The van der Waals surface area contributed by atoms with Crippen molar-refractivity contribution in [3.63, 3.8) is 0 Å². The molecule has 0 spiro atoms. The molecule has 0 heterocycles. The van der Waals surface area contributed by atoms with Gasteiger partial charge in [-0.15, -0.1) is 0 Å². The molecule has 3 aromatic rings. The second kappa shape index (κ2) is 8.79. The van der Waals surface area contributed by atoms with Crippen molar-refractivity contribution in [2.24, 2.45) is 0 Å². The molecule has 0 saturated carbocycles. The number of nitrogen functional groups attached to an aromatic ring is 2. The van der Waals surface area contributed by atoms with Crippen molar-refractivity contribution in [1.29, 1.82) is 0 Å². The number of carboxylic acids is 2. The van der Waals surface area contributed by atoms with Crippen LogP contribution in [0.1, 0.15) is 22.3 Å². The number of carbonyl (C=O) groups is 2. The van der Waals surface area contributed by atoms with Gasteiger partial charge in [0, 0.05) is 11.4 Å². The Morgan fingerprint density at radius 3 is 1.40 bits per heavy atom. The van der Waals surface area contributed by atoms with Crippen molar-refractivity contribution in [2.45, 2.75) is 0 Å². The fourth-order valence-corrected chi connectivity index (χ4v) is 2.99. The molecule has 6 heteroatoms. The van der Waals surface area contributed by atoms with E-state index in [1.807, 2.05) is 0 Å². The topological polar surface area (TPSA) is 127 Å². The predicted octanol–water partition coefficient (Wildman–Crippen LogP) is 4.10. The van der Waals surface area contributed by atoms with Gasteiger partial charge in [0.25, 0.3) is 0 Å². The minimum Gasteiger partial charge on any atom is -0.478 e. The maximum atomic E-state index is 11.9. The molecule has 0 aromatic heterocycles. The number of rotatable bonds is 6. The highest BCUT2D eigenvalue weighted by Crippen LogP contribution is 2.27. The fraction of sp³-hybridized carbons (Fsp3) is 0. The number of hydrogen-bond donors (Lipinski definition) is 4. The van der Waals surface area contributed by atoms with Crippen LogP contribution in [0.3, 0.4) is 0 Å². The van der Waals surface area contributed by atoms with Crippen LogP contribution in [0, 0.1) is 0 Å². The van der Waals surface area contributed by atoms with Crippen molar-refractivity contribution in [2.75, 3.05) is 11.5 Å². The van der Waals surface area contributed by atoms with Crippen LogP contribution in [0.4, 0.5) is 11.4 Å². The van der Waals surface area contributed by atoms with E-state index in [9.17, 15) is 19.8 Å². The standard InChI is InChI=1S/C24H20N2O4/c25-21-10-3-1-6-17(21)13-19(23(27)28)15-8-5-9-16(12-15)20(24(29)30)14-18-7-2-4-11-22(18)26/h1-14H,25-26H2,(H,27,28)(H,29,30)/b19-13-,20-14+. The third kappa shape index (κ3) is 4.56. The lowest BCUT2D eigenvalue weighted by Crippen LogP contribution is -2.04. The molecule has 0 bridgehead atoms. The lowest BCUT2D eigenvalue weighted by molar-refractivity contribution is -0.131. The molecule has 6 nitrogen and oxygen atoms in total. The van der Waals surface area contributed by atoms with E-state index in [4.69, 9.17) is 11.5 Å². The normalized spacial score (nSPS) is 11.9. The van der Waals surface area contributed by atoms with Crippen LogP contribution in [-0.2, 0) is 9.59 Å². The molecule has 6 N–H and O–H groups in total.